The fourth-order valence-electron chi connectivity index (χ4n) is 1.09. The van der Waals surface area contributed by atoms with E-state index in [2.05, 4.69) is 0 Å². The summed E-state index contributed by atoms with van der Waals surface area (Å²) >= 11 is 0. The van der Waals surface area contributed by atoms with E-state index >= 15 is 0 Å². The summed E-state index contributed by atoms with van der Waals surface area (Å²) in [6.45, 7) is 5.95. The van der Waals surface area contributed by atoms with Gasteiger partial charge >= 0.3 is 12.1 Å². The Morgan fingerprint density at radius 3 is 1.56 bits per heavy atom. The summed E-state index contributed by atoms with van der Waals surface area (Å²) in [5, 5.41) is 0. The molecule has 100 valence electrons. The Morgan fingerprint density at radius 2 is 1.19 bits per heavy atom. The molecule has 0 saturated heterocycles. The lowest BCUT2D eigenvalue weighted by molar-refractivity contribution is -0.284. The van der Waals surface area contributed by atoms with Crippen molar-refractivity contribution in [1.82, 2.24) is 0 Å². The van der Waals surface area contributed by atoms with Crippen molar-refractivity contribution in [2.75, 3.05) is 0 Å². The van der Waals surface area contributed by atoms with E-state index in [4.69, 9.17) is 0 Å². The van der Waals surface area contributed by atoms with Gasteiger partial charge in [-0.25, -0.2) is 0 Å². The Hall–Kier alpha value is -0.350. The fourth-order valence-corrected chi connectivity index (χ4v) is 1.09. The molecule has 0 aromatic heterocycles. The van der Waals surface area contributed by atoms with Crippen molar-refractivity contribution in [2.24, 2.45) is 0 Å². The Morgan fingerprint density at radius 1 is 0.750 bits per heavy atom. The quantitative estimate of drug-likeness (QED) is 0.425. The van der Waals surface area contributed by atoms with Crippen LogP contribution in [0.15, 0.2) is 0 Å². The van der Waals surface area contributed by atoms with Crippen LogP contribution in [0, 0.1) is 0 Å². The predicted molar refractivity (Wildman–Crippen MR) is 55.7 cm³/mol. The summed E-state index contributed by atoms with van der Waals surface area (Å²) in [4.78, 5) is 0. The molecule has 0 fully saturated rings. The highest BCUT2D eigenvalue weighted by molar-refractivity contribution is 4.75. The maximum atomic E-state index is 12.3. The van der Waals surface area contributed by atoms with Crippen molar-refractivity contribution >= 4 is 0 Å². The van der Waals surface area contributed by atoms with Crippen LogP contribution in [0.25, 0.3) is 0 Å². The zero-order valence-corrected chi connectivity index (χ0v) is 10.1. The van der Waals surface area contributed by atoms with E-state index in [9.17, 15) is 22.0 Å². The van der Waals surface area contributed by atoms with Gasteiger partial charge in [-0.2, -0.15) is 22.0 Å². The SMILES string of the molecule is CC.CCCCCCCC(F)(F)C(F)(F)F. The van der Waals surface area contributed by atoms with E-state index in [1.54, 1.807) is 0 Å². The van der Waals surface area contributed by atoms with Gasteiger partial charge < -0.3 is 0 Å². The lowest BCUT2D eigenvalue weighted by atomic mass is 10.1. The van der Waals surface area contributed by atoms with Gasteiger partial charge in [-0.1, -0.05) is 46.5 Å². The molecule has 16 heavy (non-hydrogen) atoms. The molecule has 0 atom stereocenters. The van der Waals surface area contributed by atoms with Gasteiger partial charge in [-0.05, 0) is 6.42 Å². The van der Waals surface area contributed by atoms with Gasteiger partial charge in [0.2, 0.25) is 0 Å². The number of halogens is 5. The van der Waals surface area contributed by atoms with Crippen LogP contribution >= 0.6 is 0 Å². The first-order valence-electron chi connectivity index (χ1n) is 5.76. The lowest BCUT2D eigenvalue weighted by Gasteiger charge is -2.19. The predicted octanol–water partition coefficient (Wildman–Crippen LogP) is 5.57. The molecular weight excluding hydrogens is 227 g/mol. The van der Waals surface area contributed by atoms with Gasteiger partial charge in [0.15, 0.2) is 0 Å². The van der Waals surface area contributed by atoms with Gasteiger partial charge in [0, 0.05) is 6.42 Å². The van der Waals surface area contributed by atoms with Gasteiger partial charge in [0.1, 0.15) is 0 Å². The summed E-state index contributed by atoms with van der Waals surface area (Å²) in [5.74, 6) is -4.51. The van der Waals surface area contributed by atoms with Gasteiger partial charge in [-0.15, -0.1) is 0 Å². The molecule has 0 saturated carbocycles. The average molecular weight is 248 g/mol. The first-order chi connectivity index (χ1) is 7.31. The van der Waals surface area contributed by atoms with Crippen molar-refractivity contribution in [2.45, 2.75) is 71.4 Å². The second-order valence-electron chi connectivity index (χ2n) is 3.37. The molecule has 0 radical (unpaired) electrons. The molecule has 0 aliphatic rings. The van der Waals surface area contributed by atoms with Crippen molar-refractivity contribution < 1.29 is 22.0 Å². The molecule has 0 rings (SSSR count). The number of hydrogen-bond donors (Lipinski definition) is 0. The summed E-state index contributed by atoms with van der Waals surface area (Å²) in [6.07, 6.45) is -3.54. The van der Waals surface area contributed by atoms with Gasteiger partial charge in [0.05, 0.1) is 0 Å². The minimum Gasteiger partial charge on any atom is -0.196 e. The monoisotopic (exact) mass is 248 g/mol. The lowest BCUT2D eigenvalue weighted by Crippen LogP contribution is -2.36. The fraction of sp³-hybridized carbons (Fsp3) is 1.00. The second kappa shape index (κ2) is 8.76. The third-order valence-electron chi connectivity index (χ3n) is 2.01. The van der Waals surface area contributed by atoms with Crippen LogP contribution < -0.4 is 0 Å². The molecule has 0 aliphatic carbocycles. The number of rotatable bonds is 6. The Bertz CT molecular complexity index is 151. The summed E-state index contributed by atoms with van der Waals surface area (Å²) in [5.41, 5.74) is 0. The highest BCUT2D eigenvalue weighted by Crippen LogP contribution is 2.39. The molecule has 0 bridgehead atoms. The number of unbranched alkanes of at least 4 members (excludes halogenated alkanes) is 4. The summed E-state index contributed by atoms with van der Waals surface area (Å²) < 4.78 is 59.6. The molecule has 0 nitrogen and oxygen atoms in total. The summed E-state index contributed by atoms with van der Waals surface area (Å²) in [7, 11) is 0. The van der Waals surface area contributed by atoms with Gasteiger partial charge in [-0.3, -0.25) is 0 Å². The summed E-state index contributed by atoms with van der Waals surface area (Å²) in [6, 6.07) is 0. The molecule has 0 aliphatic heterocycles. The molecule has 5 heteroatoms. The zero-order chi connectivity index (χ0) is 13.2. The minimum absolute atomic E-state index is 0.0630. The molecule has 0 heterocycles. The molecule has 0 N–H and O–H groups in total. The van der Waals surface area contributed by atoms with Crippen LogP contribution in [-0.2, 0) is 0 Å². The van der Waals surface area contributed by atoms with Crippen LogP contribution in [0.2, 0.25) is 0 Å². The number of alkyl halides is 5. The van der Waals surface area contributed by atoms with Crippen molar-refractivity contribution in [3.63, 3.8) is 0 Å². The van der Waals surface area contributed by atoms with E-state index in [1.165, 1.54) is 0 Å². The molecule has 0 unspecified atom stereocenters. The zero-order valence-electron chi connectivity index (χ0n) is 10.1. The smallest absolute Gasteiger partial charge is 0.196 e. The number of hydrogen-bond acceptors (Lipinski definition) is 0. The van der Waals surface area contributed by atoms with E-state index in [0.29, 0.717) is 6.42 Å². The maximum Gasteiger partial charge on any atom is 0.453 e. The highest BCUT2D eigenvalue weighted by atomic mass is 19.4. The third-order valence-corrected chi connectivity index (χ3v) is 2.01. The Labute approximate surface area is 94.2 Å². The second-order valence-corrected chi connectivity index (χ2v) is 3.37. The Kier molecular flexibility index (Phi) is 9.87. The van der Waals surface area contributed by atoms with E-state index < -0.39 is 18.5 Å². The minimum atomic E-state index is -5.39. The molecule has 0 amide bonds. The van der Waals surface area contributed by atoms with Crippen molar-refractivity contribution in [1.29, 1.82) is 0 Å². The van der Waals surface area contributed by atoms with Crippen LogP contribution in [0.5, 0.6) is 0 Å². The van der Waals surface area contributed by atoms with Crippen molar-refractivity contribution in [3.05, 3.63) is 0 Å². The van der Waals surface area contributed by atoms with Crippen molar-refractivity contribution in [3.8, 4) is 0 Å². The molecular formula is C11H21F5. The maximum absolute atomic E-state index is 12.3. The Balaban J connectivity index is 0. The molecule has 0 aromatic rings. The normalized spacial score (nSPS) is 12.0. The van der Waals surface area contributed by atoms with Gasteiger partial charge in [0.25, 0.3) is 0 Å². The topological polar surface area (TPSA) is 0 Å². The van der Waals surface area contributed by atoms with E-state index in [0.717, 1.165) is 19.3 Å². The first-order valence-corrected chi connectivity index (χ1v) is 5.76. The highest BCUT2D eigenvalue weighted by Gasteiger charge is 2.56. The molecule has 0 aromatic carbocycles. The van der Waals surface area contributed by atoms with Crippen LogP contribution in [0.4, 0.5) is 22.0 Å². The van der Waals surface area contributed by atoms with Crippen LogP contribution in [0.1, 0.15) is 59.3 Å². The van der Waals surface area contributed by atoms with Crippen LogP contribution in [0.3, 0.4) is 0 Å². The first kappa shape index (κ1) is 18.0. The van der Waals surface area contributed by atoms with Crippen LogP contribution in [-0.4, -0.2) is 12.1 Å². The average Bonchev–Trinajstić information content (AvgIpc) is 2.19. The standard InChI is InChI=1S/C9H15F5.C2H6/c1-2-3-4-5-6-7-8(10,11)9(12,13)14;1-2/h2-7H2,1H3;1-2H3. The third kappa shape index (κ3) is 7.88. The molecule has 0 spiro atoms. The van der Waals surface area contributed by atoms with E-state index in [1.807, 2.05) is 20.8 Å². The largest absolute Gasteiger partial charge is 0.453 e. The van der Waals surface area contributed by atoms with E-state index in [-0.39, 0.29) is 6.42 Å².